The number of benzene rings is 2. The van der Waals surface area contributed by atoms with Gasteiger partial charge in [0, 0.05) is 11.4 Å². The lowest BCUT2D eigenvalue weighted by atomic mass is 10.0. The molecule has 0 aliphatic carbocycles. The normalized spacial score (nSPS) is 10.5. The molecule has 0 aliphatic heterocycles. The number of aromatic amines is 1. The molecule has 0 fully saturated rings. The second kappa shape index (κ2) is 6.77. The van der Waals surface area contributed by atoms with Crippen molar-refractivity contribution in [2.75, 3.05) is 5.32 Å². The number of carbonyl (C=O) groups is 1. The molecule has 3 rings (SSSR count). The van der Waals surface area contributed by atoms with Crippen molar-refractivity contribution in [2.45, 2.75) is 20.8 Å². The lowest BCUT2D eigenvalue weighted by molar-refractivity contribution is 0.102. The molecule has 25 heavy (non-hydrogen) atoms. The van der Waals surface area contributed by atoms with Gasteiger partial charge >= 0.3 is 0 Å². The molecule has 2 N–H and O–H groups in total. The highest BCUT2D eigenvalue weighted by atomic mass is 16.2. The van der Waals surface area contributed by atoms with Gasteiger partial charge in [0.2, 0.25) is 0 Å². The summed E-state index contributed by atoms with van der Waals surface area (Å²) in [4.78, 5) is 27.7. The van der Waals surface area contributed by atoms with Gasteiger partial charge in [-0.1, -0.05) is 48.0 Å². The van der Waals surface area contributed by atoms with Crippen molar-refractivity contribution in [3.63, 3.8) is 0 Å². The van der Waals surface area contributed by atoms with E-state index in [9.17, 15) is 9.59 Å². The average molecular weight is 332 g/mol. The van der Waals surface area contributed by atoms with Crippen LogP contribution in [0.4, 0.5) is 5.69 Å². The monoisotopic (exact) mass is 332 g/mol. The van der Waals surface area contributed by atoms with Crippen molar-refractivity contribution in [2.24, 2.45) is 0 Å². The van der Waals surface area contributed by atoms with Crippen LogP contribution in [0, 0.1) is 20.8 Å². The second-order valence-electron chi connectivity index (χ2n) is 6.21. The van der Waals surface area contributed by atoms with E-state index in [2.05, 4.69) is 10.3 Å². The van der Waals surface area contributed by atoms with Crippen LogP contribution in [0.25, 0.3) is 11.3 Å². The van der Waals surface area contributed by atoms with E-state index in [0.29, 0.717) is 5.69 Å². The van der Waals surface area contributed by atoms with Gasteiger partial charge in [-0.05, 0) is 49.6 Å². The van der Waals surface area contributed by atoms with Gasteiger partial charge in [-0.2, -0.15) is 0 Å². The summed E-state index contributed by atoms with van der Waals surface area (Å²) in [6.45, 7) is 5.90. The lowest BCUT2D eigenvalue weighted by Gasteiger charge is -2.13. The summed E-state index contributed by atoms with van der Waals surface area (Å²) in [6, 6.07) is 16.9. The van der Waals surface area contributed by atoms with Crippen molar-refractivity contribution < 1.29 is 4.79 Å². The predicted molar refractivity (Wildman–Crippen MR) is 101 cm³/mol. The third kappa shape index (κ3) is 3.53. The predicted octanol–water partition coefficient (Wildman–Crippen LogP) is 4.22. The van der Waals surface area contributed by atoms with E-state index in [-0.39, 0.29) is 5.56 Å². The van der Waals surface area contributed by atoms with E-state index in [4.69, 9.17) is 0 Å². The smallest absolute Gasteiger partial charge is 0.261 e. The molecule has 0 bridgehead atoms. The summed E-state index contributed by atoms with van der Waals surface area (Å²) >= 11 is 0. The van der Waals surface area contributed by atoms with Crippen molar-refractivity contribution in [3.8, 4) is 11.3 Å². The first-order chi connectivity index (χ1) is 12.0. The van der Waals surface area contributed by atoms with E-state index < -0.39 is 11.5 Å². The van der Waals surface area contributed by atoms with Crippen LogP contribution < -0.4 is 10.9 Å². The number of pyridine rings is 1. The molecule has 4 heteroatoms. The molecular weight excluding hydrogens is 312 g/mol. The fourth-order valence-corrected chi connectivity index (χ4v) is 3.00. The number of hydrogen-bond donors (Lipinski definition) is 2. The van der Waals surface area contributed by atoms with Crippen LogP contribution in [0.5, 0.6) is 0 Å². The van der Waals surface area contributed by atoms with Crippen LogP contribution in [0.3, 0.4) is 0 Å². The number of nitrogens with one attached hydrogen (secondary N) is 2. The van der Waals surface area contributed by atoms with Gasteiger partial charge in [-0.15, -0.1) is 0 Å². The molecule has 2 aromatic carbocycles. The molecular formula is C21H20N2O2. The zero-order valence-corrected chi connectivity index (χ0v) is 14.5. The summed E-state index contributed by atoms with van der Waals surface area (Å²) in [6.07, 6.45) is 0. The summed E-state index contributed by atoms with van der Waals surface area (Å²) in [7, 11) is 0. The lowest BCUT2D eigenvalue weighted by Crippen LogP contribution is -2.24. The fourth-order valence-electron chi connectivity index (χ4n) is 3.00. The fraction of sp³-hybridized carbons (Fsp3) is 0.143. The first-order valence-electron chi connectivity index (χ1n) is 8.13. The minimum atomic E-state index is -0.407. The van der Waals surface area contributed by atoms with Crippen LogP contribution >= 0.6 is 0 Å². The molecule has 0 atom stereocenters. The molecule has 0 aliphatic rings. The average Bonchev–Trinajstić information content (AvgIpc) is 2.58. The Bertz CT molecular complexity index is 965. The number of aromatic nitrogens is 1. The maximum absolute atomic E-state index is 12.5. The van der Waals surface area contributed by atoms with E-state index >= 15 is 0 Å². The summed E-state index contributed by atoms with van der Waals surface area (Å²) in [5, 5.41) is 2.86. The maximum Gasteiger partial charge on any atom is 0.261 e. The Balaban J connectivity index is 1.90. The molecule has 4 nitrogen and oxygen atoms in total. The minimum Gasteiger partial charge on any atom is -0.321 e. The van der Waals surface area contributed by atoms with Crippen molar-refractivity contribution in [1.82, 2.24) is 4.98 Å². The third-order valence-corrected chi connectivity index (χ3v) is 4.15. The summed E-state index contributed by atoms with van der Waals surface area (Å²) in [5.41, 5.74) is 5.12. The summed E-state index contributed by atoms with van der Waals surface area (Å²) in [5.74, 6) is -0.407. The highest BCUT2D eigenvalue weighted by Gasteiger charge is 2.14. The van der Waals surface area contributed by atoms with Crippen LogP contribution in [0.2, 0.25) is 0 Å². The van der Waals surface area contributed by atoms with Gasteiger partial charge in [-0.25, -0.2) is 0 Å². The summed E-state index contributed by atoms with van der Waals surface area (Å²) < 4.78 is 0. The van der Waals surface area contributed by atoms with Gasteiger partial charge in [0.1, 0.15) is 5.56 Å². The quantitative estimate of drug-likeness (QED) is 0.754. The van der Waals surface area contributed by atoms with E-state index in [1.54, 1.807) is 12.1 Å². The Morgan fingerprint density at radius 2 is 1.56 bits per heavy atom. The zero-order chi connectivity index (χ0) is 18.0. The molecule has 0 saturated heterocycles. The van der Waals surface area contributed by atoms with Crippen molar-refractivity contribution in [1.29, 1.82) is 0 Å². The molecule has 0 unspecified atom stereocenters. The van der Waals surface area contributed by atoms with Gasteiger partial charge in [0.15, 0.2) is 0 Å². The number of hydrogen-bond acceptors (Lipinski definition) is 2. The Hall–Kier alpha value is -3.14. The second-order valence-corrected chi connectivity index (χ2v) is 6.21. The largest absolute Gasteiger partial charge is 0.321 e. The Morgan fingerprint density at radius 3 is 2.16 bits per heavy atom. The minimum absolute atomic E-state index is 0.0963. The maximum atomic E-state index is 12.5. The third-order valence-electron chi connectivity index (χ3n) is 4.15. The van der Waals surface area contributed by atoms with Gasteiger partial charge < -0.3 is 10.3 Å². The van der Waals surface area contributed by atoms with E-state index in [1.165, 1.54) is 0 Å². The highest BCUT2D eigenvalue weighted by molar-refractivity contribution is 6.05. The molecule has 0 saturated carbocycles. The standard InChI is InChI=1S/C21H20N2O2/c1-13-11-14(2)19(15(3)12-13)23-21(25)17-9-10-18(22-20(17)24)16-7-5-4-6-8-16/h4-12H,1-3H3,(H,22,24)(H,23,25). The SMILES string of the molecule is Cc1cc(C)c(NC(=O)c2ccc(-c3ccccc3)[nH]c2=O)c(C)c1. The molecule has 0 radical (unpaired) electrons. The number of amides is 1. The topological polar surface area (TPSA) is 62.0 Å². The molecule has 3 aromatic rings. The number of carbonyl (C=O) groups excluding carboxylic acids is 1. The zero-order valence-electron chi connectivity index (χ0n) is 14.5. The van der Waals surface area contributed by atoms with E-state index in [0.717, 1.165) is 27.9 Å². The molecule has 126 valence electrons. The highest BCUT2D eigenvalue weighted by Crippen LogP contribution is 2.22. The van der Waals surface area contributed by atoms with Crippen LogP contribution in [0.1, 0.15) is 27.0 Å². The van der Waals surface area contributed by atoms with Crippen LogP contribution in [0.15, 0.2) is 59.4 Å². The van der Waals surface area contributed by atoms with Gasteiger partial charge in [-0.3, -0.25) is 9.59 Å². The molecule has 0 spiro atoms. The Labute approximate surface area is 146 Å². The Kier molecular flexibility index (Phi) is 4.52. The van der Waals surface area contributed by atoms with Gasteiger partial charge in [0.05, 0.1) is 0 Å². The number of anilines is 1. The van der Waals surface area contributed by atoms with E-state index in [1.807, 2.05) is 63.2 Å². The first-order valence-corrected chi connectivity index (χ1v) is 8.13. The van der Waals surface area contributed by atoms with Crippen molar-refractivity contribution in [3.05, 3.63) is 87.2 Å². The Morgan fingerprint density at radius 1 is 0.920 bits per heavy atom. The van der Waals surface area contributed by atoms with Gasteiger partial charge in [0.25, 0.3) is 11.5 Å². The van der Waals surface area contributed by atoms with Crippen molar-refractivity contribution >= 4 is 11.6 Å². The number of rotatable bonds is 3. The number of H-pyrrole nitrogens is 1. The van der Waals surface area contributed by atoms with Crippen LogP contribution in [-0.4, -0.2) is 10.9 Å². The molecule has 1 heterocycles. The first kappa shape index (κ1) is 16.7. The number of aryl methyl sites for hydroxylation is 3. The molecule has 1 amide bonds. The van der Waals surface area contributed by atoms with Crippen LogP contribution in [-0.2, 0) is 0 Å². The molecule has 1 aromatic heterocycles.